The highest BCUT2D eigenvalue weighted by molar-refractivity contribution is 5.85. The van der Waals surface area contributed by atoms with Crippen molar-refractivity contribution in [1.82, 2.24) is 4.90 Å². The lowest BCUT2D eigenvalue weighted by molar-refractivity contribution is -0.136. The summed E-state index contributed by atoms with van der Waals surface area (Å²) in [6.45, 7) is 3.41. The molecule has 0 spiro atoms. The number of likely N-dealkylation sites (tertiary alicyclic amines) is 1. The number of rotatable bonds is 4. The SMILES string of the molecule is COC(CN)CC(=O)N1CCCCC1C.Cl. The maximum Gasteiger partial charge on any atom is 0.225 e. The van der Waals surface area contributed by atoms with Crippen molar-refractivity contribution in [3.05, 3.63) is 0 Å². The van der Waals surface area contributed by atoms with Crippen LogP contribution >= 0.6 is 12.4 Å². The predicted molar refractivity (Wildman–Crippen MR) is 66.7 cm³/mol. The molecule has 1 rings (SSSR count). The summed E-state index contributed by atoms with van der Waals surface area (Å²) in [5, 5.41) is 0. The lowest BCUT2D eigenvalue weighted by atomic mass is 10.0. The molecule has 1 aliphatic rings. The first kappa shape index (κ1) is 15.7. The van der Waals surface area contributed by atoms with Crippen molar-refractivity contribution in [3.8, 4) is 0 Å². The fourth-order valence-corrected chi connectivity index (χ4v) is 2.04. The molecule has 0 bridgehead atoms. The van der Waals surface area contributed by atoms with Crippen LogP contribution in [-0.2, 0) is 9.53 Å². The van der Waals surface area contributed by atoms with Crippen molar-refractivity contribution in [2.75, 3.05) is 20.2 Å². The Hall–Kier alpha value is -0.320. The zero-order valence-electron chi connectivity index (χ0n) is 10.1. The Bertz CT molecular complexity index is 210. The third-order valence-corrected chi connectivity index (χ3v) is 3.12. The van der Waals surface area contributed by atoms with E-state index in [9.17, 15) is 4.79 Å². The minimum Gasteiger partial charge on any atom is -0.380 e. The first-order valence-electron chi connectivity index (χ1n) is 5.71. The Kier molecular flexibility index (Phi) is 7.72. The van der Waals surface area contributed by atoms with Gasteiger partial charge in [0.2, 0.25) is 5.91 Å². The third-order valence-electron chi connectivity index (χ3n) is 3.12. The van der Waals surface area contributed by atoms with E-state index in [1.54, 1.807) is 7.11 Å². The number of nitrogens with zero attached hydrogens (tertiary/aromatic N) is 1. The van der Waals surface area contributed by atoms with E-state index in [2.05, 4.69) is 6.92 Å². The highest BCUT2D eigenvalue weighted by atomic mass is 35.5. The molecule has 1 aliphatic heterocycles. The summed E-state index contributed by atoms with van der Waals surface area (Å²) in [4.78, 5) is 13.9. The van der Waals surface area contributed by atoms with Crippen molar-refractivity contribution in [2.24, 2.45) is 5.73 Å². The van der Waals surface area contributed by atoms with E-state index in [4.69, 9.17) is 10.5 Å². The minimum absolute atomic E-state index is 0. The fraction of sp³-hybridized carbons (Fsp3) is 0.909. The van der Waals surface area contributed by atoms with Crippen LogP contribution in [0.4, 0.5) is 0 Å². The van der Waals surface area contributed by atoms with Gasteiger partial charge in [-0.3, -0.25) is 4.79 Å². The normalized spacial score (nSPS) is 22.4. The first-order chi connectivity index (χ1) is 7.19. The number of halogens is 1. The molecule has 96 valence electrons. The van der Waals surface area contributed by atoms with Crippen molar-refractivity contribution in [3.63, 3.8) is 0 Å². The Morgan fingerprint density at radius 2 is 2.25 bits per heavy atom. The van der Waals surface area contributed by atoms with E-state index in [-0.39, 0.29) is 24.4 Å². The standard InChI is InChI=1S/C11H22N2O2.ClH/c1-9-5-3-4-6-13(9)11(14)7-10(8-12)15-2;/h9-10H,3-8,12H2,1-2H3;1H. The van der Waals surface area contributed by atoms with Gasteiger partial charge in [0, 0.05) is 26.2 Å². The van der Waals surface area contributed by atoms with Crippen LogP contribution in [0.2, 0.25) is 0 Å². The van der Waals surface area contributed by atoms with Crippen molar-refractivity contribution in [1.29, 1.82) is 0 Å². The number of ether oxygens (including phenoxy) is 1. The van der Waals surface area contributed by atoms with Gasteiger partial charge in [-0.05, 0) is 26.2 Å². The lowest BCUT2D eigenvalue weighted by Crippen LogP contribution is -2.44. The van der Waals surface area contributed by atoms with Crippen LogP contribution in [0.25, 0.3) is 0 Å². The fourth-order valence-electron chi connectivity index (χ4n) is 2.04. The van der Waals surface area contributed by atoms with Crippen LogP contribution in [0.5, 0.6) is 0 Å². The predicted octanol–water partition coefficient (Wildman–Crippen LogP) is 1.17. The first-order valence-corrected chi connectivity index (χ1v) is 5.71. The van der Waals surface area contributed by atoms with Crippen LogP contribution in [0.3, 0.4) is 0 Å². The van der Waals surface area contributed by atoms with Gasteiger partial charge in [-0.2, -0.15) is 0 Å². The second-order valence-corrected chi connectivity index (χ2v) is 4.23. The Morgan fingerprint density at radius 3 is 2.75 bits per heavy atom. The number of hydrogen-bond donors (Lipinski definition) is 1. The highest BCUT2D eigenvalue weighted by Gasteiger charge is 2.24. The van der Waals surface area contributed by atoms with Gasteiger partial charge in [0.1, 0.15) is 0 Å². The Morgan fingerprint density at radius 1 is 1.56 bits per heavy atom. The van der Waals surface area contributed by atoms with E-state index in [1.165, 1.54) is 6.42 Å². The lowest BCUT2D eigenvalue weighted by Gasteiger charge is -2.34. The van der Waals surface area contributed by atoms with Crippen LogP contribution in [0.15, 0.2) is 0 Å². The van der Waals surface area contributed by atoms with Gasteiger partial charge in [0.15, 0.2) is 0 Å². The van der Waals surface area contributed by atoms with E-state index in [1.807, 2.05) is 4.90 Å². The molecule has 1 saturated heterocycles. The average Bonchev–Trinajstić information content (AvgIpc) is 2.26. The van der Waals surface area contributed by atoms with Gasteiger partial charge in [0.05, 0.1) is 12.5 Å². The summed E-state index contributed by atoms with van der Waals surface area (Å²) >= 11 is 0. The van der Waals surface area contributed by atoms with Gasteiger partial charge in [-0.25, -0.2) is 0 Å². The summed E-state index contributed by atoms with van der Waals surface area (Å²) in [5.41, 5.74) is 5.50. The molecular formula is C11H23ClN2O2. The summed E-state index contributed by atoms with van der Waals surface area (Å²) in [5.74, 6) is 0.180. The maximum absolute atomic E-state index is 11.9. The Labute approximate surface area is 104 Å². The molecule has 0 aromatic heterocycles. The van der Waals surface area contributed by atoms with E-state index in [0.717, 1.165) is 19.4 Å². The molecule has 0 radical (unpaired) electrons. The Balaban J connectivity index is 0.00000225. The van der Waals surface area contributed by atoms with Crippen LogP contribution < -0.4 is 5.73 Å². The molecule has 2 N–H and O–H groups in total. The molecule has 2 atom stereocenters. The topological polar surface area (TPSA) is 55.6 Å². The quantitative estimate of drug-likeness (QED) is 0.815. The molecular weight excluding hydrogens is 228 g/mol. The number of methoxy groups -OCH3 is 1. The molecule has 5 heteroatoms. The zero-order valence-corrected chi connectivity index (χ0v) is 11.0. The van der Waals surface area contributed by atoms with Gasteiger partial charge in [-0.15, -0.1) is 12.4 Å². The molecule has 0 aliphatic carbocycles. The molecule has 1 heterocycles. The van der Waals surface area contributed by atoms with Crippen LogP contribution in [-0.4, -0.2) is 43.2 Å². The highest BCUT2D eigenvalue weighted by Crippen LogP contribution is 2.17. The number of hydrogen-bond acceptors (Lipinski definition) is 3. The monoisotopic (exact) mass is 250 g/mol. The van der Waals surface area contributed by atoms with Crippen LogP contribution in [0.1, 0.15) is 32.6 Å². The van der Waals surface area contributed by atoms with E-state index in [0.29, 0.717) is 19.0 Å². The van der Waals surface area contributed by atoms with E-state index >= 15 is 0 Å². The van der Waals surface area contributed by atoms with Gasteiger partial charge < -0.3 is 15.4 Å². The van der Waals surface area contributed by atoms with Crippen molar-refractivity contribution < 1.29 is 9.53 Å². The third kappa shape index (κ3) is 4.28. The smallest absolute Gasteiger partial charge is 0.225 e. The molecule has 1 amide bonds. The zero-order chi connectivity index (χ0) is 11.3. The number of carbonyl (C=O) groups excluding carboxylic acids is 1. The van der Waals surface area contributed by atoms with Gasteiger partial charge in [0.25, 0.3) is 0 Å². The average molecular weight is 251 g/mol. The summed E-state index contributed by atoms with van der Waals surface area (Å²) in [6.07, 6.45) is 3.75. The second-order valence-electron chi connectivity index (χ2n) is 4.23. The molecule has 0 aromatic carbocycles. The van der Waals surface area contributed by atoms with Crippen molar-refractivity contribution >= 4 is 18.3 Å². The molecule has 16 heavy (non-hydrogen) atoms. The molecule has 1 fully saturated rings. The summed E-state index contributed by atoms with van der Waals surface area (Å²) in [7, 11) is 1.60. The van der Waals surface area contributed by atoms with Gasteiger partial charge >= 0.3 is 0 Å². The summed E-state index contributed by atoms with van der Waals surface area (Å²) < 4.78 is 5.12. The van der Waals surface area contributed by atoms with E-state index < -0.39 is 0 Å². The molecule has 0 aromatic rings. The molecule has 2 unspecified atom stereocenters. The number of carbonyl (C=O) groups is 1. The second kappa shape index (κ2) is 7.87. The minimum atomic E-state index is -0.133. The molecule has 0 saturated carbocycles. The number of amides is 1. The summed E-state index contributed by atoms with van der Waals surface area (Å²) in [6, 6.07) is 0.376. The van der Waals surface area contributed by atoms with Crippen LogP contribution in [0, 0.1) is 0 Å². The number of piperidine rings is 1. The molecule has 4 nitrogen and oxygen atoms in total. The van der Waals surface area contributed by atoms with Gasteiger partial charge in [-0.1, -0.05) is 0 Å². The largest absolute Gasteiger partial charge is 0.380 e. The van der Waals surface area contributed by atoms with Crippen molar-refractivity contribution in [2.45, 2.75) is 44.8 Å². The number of nitrogens with two attached hydrogens (primary N) is 1. The maximum atomic E-state index is 11.9.